The van der Waals surface area contributed by atoms with Crippen LogP contribution in [-0.2, 0) is 0 Å². The van der Waals surface area contributed by atoms with Crippen molar-refractivity contribution in [2.45, 2.75) is 0 Å². The second-order valence-electron chi connectivity index (χ2n) is 2.71. The van der Waals surface area contributed by atoms with Crippen molar-refractivity contribution in [3.8, 4) is 0 Å². The quantitative estimate of drug-likeness (QED) is 0.526. The fourth-order valence-corrected chi connectivity index (χ4v) is 1.32. The first-order valence-corrected chi connectivity index (χ1v) is 4.34. The van der Waals surface area contributed by atoms with Gasteiger partial charge in [0.05, 0.1) is 5.16 Å². The van der Waals surface area contributed by atoms with Crippen LogP contribution in [0, 0.1) is 5.82 Å². The molecule has 0 amide bonds. The number of rotatable bonds is 1. The summed E-state index contributed by atoms with van der Waals surface area (Å²) in [5.74, 6) is 0.0864. The van der Waals surface area contributed by atoms with Gasteiger partial charge in [0.1, 0.15) is 5.82 Å². The van der Waals surface area contributed by atoms with Crippen molar-refractivity contribution in [3.63, 3.8) is 0 Å². The molecule has 0 saturated carbocycles. The number of thiocarbonyl (C=S) groups is 1. The van der Waals surface area contributed by atoms with Crippen molar-refractivity contribution in [1.82, 2.24) is 4.98 Å². The molecule has 2 rings (SSSR count). The first kappa shape index (κ1) is 8.94. The Labute approximate surface area is 85.1 Å². The number of aromatic nitrogens is 1. The minimum absolute atomic E-state index is 0.286. The predicted molar refractivity (Wildman–Crippen MR) is 56.4 cm³/mol. The summed E-state index contributed by atoms with van der Waals surface area (Å²) in [4.78, 5) is 7.66. The van der Waals surface area contributed by atoms with E-state index in [2.05, 4.69) is 27.4 Å². The van der Waals surface area contributed by atoms with Crippen LogP contribution in [0.4, 0.5) is 10.2 Å². The summed E-state index contributed by atoms with van der Waals surface area (Å²) in [5, 5.41) is 3.43. The van der Waals surface area contributed by atoms with Gasteiger partial charge in [-0.1, -0.05) is 12.1 Å². The van der Waals surface area contributed by atoms with E-state index in [0.717, 1.165) is 5.39 Å². The molecule has 0 saturated heterocycles. The Bertz CT molecular complexity index is 533. The Balaban J connectivity index is 2.75. The molecule has 4 heteroatoms. The molecule has 1 heterocycles. The summed E-state index contributed by atoms with van der Waals surface area (Å²) in [5.41, 5.74) is 0. The lowest BCUT2D eigenvalue weighted by Gasteiger charge is -1.98. The average molecular weight is 204 g/mol. The zero-order chi connectivity index (χ0) is 9.97. The van der Waals surface area contributed by atoms with Gasteiger partial charge in [-0.05, 0) is 24.4 Å². The van der Waals surface area contributed by atoms with E-state index in [4.69, 9.17) is 0 Å². The Morgan fingerprint density at radius 1 is 1.43 bits per heavy atom. The molecule has 0 radical (unpaired) electrons. The van der Waals surface area contributed by atoms with Gasteiger partial charge in [0, 0.05) is 17.0 Å². The van der Waals surface area contributed by atoms with Crippen molar-refractivity contribution in [1.29, 1.82) is 0 Å². The van der Waals surface area contributed by atoms with Gasteiger partial charge in [-0.15, -0.1) is 0 Å². The van der Waals surface area contributed by atoms with E-state index in [0.29, 0.717) is 11.2 Å². The molecule has 14 heavy (non-hydrogen) atoms. The summed E-state index contributed by atoms with van der Waals surface area (Å²) in [6.07, 6.45) is 1.56. The molecule has 0 aliphatic rings. The van der Waals surface area contributed by atoms with Gasteiger partial charge in [-0.25, -0.2) is 9.37 Å². The van der Waals surface area contributed by atoms with E-state index in [-0.39, 0.29) is 5.82 Å². The van der Waals surface area contributed by atoms with Gasteiger partial charge in [-0.2, -0.15) is 4.99 Å². The van der Waals surface area contributed by atoms with E-state index in [1.807, 2.05) is 0 Å². The number of benzene rings is 1. The smallest absolute Gasteiger partial charge is 0.163 e. The first-order chi connectivity index (χ1) is 6.81. The molecule has 0 N–H and O–H groups in total. The van der Waals surface area contributed by atoms with Crippen molar-refractivity contribution < 1.29 is 4.39 Å². The van der Waals surface area contributed by atoms with E-state index in [9.17, 15) is 4.39 Å². The molecule has 0 aliphatic carbocycles. The topological polar surface area (TPSA) is 25.2 Å². The van der Waals surface area contributed by atoms with Gasteiger partial charge in [0.25, 0.3) is 0 Å². The van der Waals surface area contributed by atoms with Crippen molar-refractivity contribution >= 4 is 34.0 Å². The number of fused-ring (bicyclic) bond motifs is 1. The lowest BCUT2D eigenvalue weighted by Crippen LogP contribution is -1.81. The fraction of sp³-hybridized carbons (Fsp3) is 0. The van der Waals surface area contributed by atoms with Crippen LogP contribution >= 0.6 is 12.2 Å². The normalized spacial score (nSPS) is 9.79. The molecule has 0 unspecified atom stereocenters. The lowest BCUT2D eigenvalue weighted by molar-refractivity contribution is 0.640. The second kappa shape index (κ2) is 3.62. The molecule has 0 aliphatic heterocycles. The Kier molecular flexibility index (Phi) is 2.31. The van der Waals surface area contributed by atoms with E-state index >= 15 is 0 Å². The third-order valence-corrected chi connectivity index (χ3v) is 1.95. The average Bonchev–Trinajstić information content (AvgIpc) is 2.20. The van der Waals surface area contributed by atoms with Crippen LogP contribution in [0.5, 0.6) is 0 Å². The number of aliphatic imine (C=N–C) groups is 1. The highest BCUT2D eigenvalue weighted by Gasteiger charge is 2.00. The summed E-state index contributed by atoms with van der Waals surface area (Å²) >= 11 is 4.44. The Hall–Kier alpha value is -1.64. The Morgan fingerprint density at radius 3 is 3.07 bits per heavy atom. The number of hydrogen-bond donors (Lipinski definition) is 0. The Morgan fingerprint density at radius 2 is 2.29 bits per heavy atom. The van der Waals surface area contributed by atoms with Crippen LogP contribution in [0.15, 0.2) is 35.5 Å². The van der Waals surface area contributed by atoms with Crippen LogP contribution in [0.25, 0.3) is 10.8 Å². The van der Waals surface area contributed by atoms with Crippen LogP contribution < -0.4 is 0 Å². The summed E-state index contributed by atoms with van der Waals surface area (Å²) in [6.45, 7) is 0. The largest absolute Gasteiger partial charge is 0.236 e. The molecule has 1 aromatic heterocycles. The summed E-state index contributed by atoms with van der Waals surface area (Å²) in [6, 6.07) is 6.37. The molecule has 1 aromatic carbocycles. The van der Waals surface area contributed by atoms with Gasteiger partial charge >= 0.3 is 0 Å². The third-order valence-electron chi connectivity index (χ3n) is 1.86. The molecule has 0 spiro atoms. The zero-order valence-corrected chi connectivity index (χ0v) is 7.88. The van der Waals surface area contributed by atoms with Crippen LogP contribution in [0.3, 0.4) is 0 Å². The minimum Gasteiger partial charge on any atom is -0.236 e. The highest BCUT2D eigenvalue weighted by atomic mass is 32.1. The van der Waals surface area contributed by atoms with Crippen molar-refractivity contribution in [2.24, 2.45) is 4.99 Å². The first-order valence-electron chi connectivity index (χ1n) is 3.93. The monoisotopic (exact) mass is 204 g/mol. The maximum absolute atomic E-state index is 13.3. The number of isothiocyanates is 1. The number of nitrogens with zero attached hydrogens (tertiary/aromatic N) is 2. The summed E-state index contributed by atoms with van der Waals surface area (Å²) < 4.78 is 13.3. The molecule has 2 aromatic rings. The maximum atomic E-state index is 13.3. The summed E-state index contributed by atoms with van der Waals surface area (Å²) in [7, 11) is 0. The minimum atomic E-state index is -0.286. The molecular formula is C10H5FN2S. The van der Waals surface area contributed by atoms with Gasteiger partial charge in [0.15, 0.2) is 5.82 Å². The van der Waals surface area contributed by atoms with E-state index < -0.39 is 0 Å². The molecule has 0 bridgehead atoms. The fourth-order valence-electron chi connectivity index (χ4n) is 1.23. The lowest BCUT2D eigenvalue weighted by atomic mass is 10.2. The maximum Gasteiger partial charge on any atom is 0.163 e. The number of halogens is 1. The van der Waals surface area contributed by atoms with E-state index in [1.165, 1.54) is 6.07 Å². The van der Waals surface area contributed by atoms with Gasteiger partial charge in [-0.3, -0.25) is 0 Å². The highest BCUT2D eigenvalue weighted by molar-refractivity contribution is 7.78. The molecular weight excluding hydrogens is 199 g/mol. The second-order valence-corrected chi connectivity index (χ2v) is 2.89. The van der Waals surface area contributed by atoms with Crippen LogP contribution in [0.1, 0.15) is 0 Å². The number of hydrogen-bond acceptors (Lipinski definition) is 3. The van der Waals surface area contributed by atoms with E-state index in [1.54, 1.807) is 24.4 Å². The zero-order valence-electron chi connectivity index (χ0n) is 7.07. The van der Waals surface area contributed by atoms with Crippen LogP contribution in [0.2, 0.25) is 0 Å². The van der Waals surface area contributed by atoms with Gasteiger partial charge in [0.2, 0.25) is 0 Å². The van der Waals surface area contributed by atoms with Crippen molar-refractivity contribution in [2.75, 3.05) is 0 Å². The SMILES string of the molecule is Fc1cccc2cnc(N=C=S)cc12. The van der Waals surface area contributed by atoms with Crippen molar-refractivity contribution in [3.05, 3.63) is 36.3 Å². The third kappa shape index (κ3) is 1.53. The molecule has 2 nitrogen and oxygen atoms in total. The van der Waals surface area contributed by atoms with Gasteiger partial charge < -0.3 is 0 Å². The molecule has 0 fully saturated rings. The molecule has 68 valence electrons. The highest BCUT2D eigenvalue weighted by Crippen LogP contribution is 2.20. The molecule has 0 atom stereocenters. The standard InChI is InChI=1S/C10H5FN2S/c11-9-3-1-2-7-5-12-10(13-6-14)4-8(7)9/h1-5H. The van der Waals surface area contributed by atoms with Crippen LogP contribution in [-0.4, -0.2) is 10.1 Å². The predicted octanol–water partition coefficient (Wildman–Crippen LogP) is 3.11. The number of pyridine rings is 1.